The van der Waals surface area contributed by atoms with Gasteiger partial charge < -0.3 is 15.0 Å². The van der Waals surface area contributed by atoms with Gasteiger partial charge in [-0.1, -0.05) is 23.1 Å². The number of halogens is 1. The Hall–Kier alpha value is -1.54. The molecule has 9 heteroatoms. The molecular formula is C15H22ClN3O4S. The summed E-state index contributed by atoms with van der Waals surface area (Å²) in [6.07, 6.45) is 1.13. The molecule has 0 unspecified atom stereocenters. The SMILES string of the molecule is CC(C)(C)OC(=O)NCC1CCN(C(=O)c2s[nH]c(=O)c2Cl)CC1. The fourth-order valence-corrected chi connectivity index (χ4v) is 3.45. The van der Waals surface area contributed by atoms with E-state index in [4.69, 9.17) is 16.3 Å². The third-order valence-electron chi connectivity index (χ3n) is 3.67. The number of ether oxygens (including phenoxy) is 1. The van der Waals surface area contributed by atoms with E-state index in [1.54, 1.807) is 4.90 Å². The maximum atomic E-state index is 12.4. The fourth-order valence-electron chi connectivity index (χ4n) is 2.45. The first-order valence-corrected chi connectivity index (χ1v) is 9.00. The van der Waals surface area contributed by atoms with E-state index in [9.17, 15) is 14.4 Å². The first kappa shape index (κ1) is 18.8. The molecule has 0 atom stereocenters. The molecule has 1 aromatic rings. The van der Waals surface area contributed by atoms with E-state index in [-0.39, 0.29) is 15.8 Å². The van der Waals surface area contributed by atoms with Crippen molar-refractivity contribution in [2.45, 2.75) is 39.2 Å². The lowest BCUT2D eigenvalue weighted by molar-refractivity contribution is 0.0500. The number of hydrogen-bond donors (Lipinski definition) is 2. The molecule has 1 aliphatic rings. The molecule has 2 N–H and O–H groups in total. The summed E-state index contributed by atoms with van der Waals surface area (Å²) < 4.78 is 7.66. The van der Waals surface area contributed by atoms with Crippen LogP contribution in [0.3, 0.4) is 0 Å². The van der Waals surface area contributed by atoms with Crippen molar-refractivity contribution in [2.75, 3.05) is 19.6 Å². The Bertz CT molecular complexity index is 656. The van der Waals surface area contributed by atoms with Gasteiger partial charge in [-0.05, 0) is 39.5 Å². The second-order valence-corrected chi connectivity index (χ2v) is 7.99. The van der Waals surface area contributed by atoms with Crippen molar-refractivity contribution < 1.29 is 14.3 Å². The lowest BCUT2D eigenvalue weighted by Gasteiger charge is -2.32. The minimum absolute atomic E-state index is 0.0429. The highest BCUT2D eigenvalue weighted by molar-refractivity contribution is 7.08. The minimum atomic E-state index is -0.517. The third kappa shape index (κ3) is 4.98. The number of amides is 2. The number of aromatic nitrogens is 1. The predicted molar refractivity (Wildman–Crippen MR) is 92.8 cm³/mol. The molecule has 1 fully saturated rings. The van der Waals surface area contributed by atoms with Gasteiger partial charge in [0.1, 0.15) is 15.5 Å². The van der Waals surface area contributed by atoms with Crippen LogP contribution in [0.25, 0.3) is 0 Å². The molecule has 0 radical (unpaired) electrons. The summed E-state index contributed by atoms with van der Waals surface area (Å²) in [4.78, 5) is 37.3. The highest BCUT2D eigenvalue weighted by atomic mass is 35.5. The average molecular weight is 376 g/mol. The Morgan fingerprint density at radius 3 is 2.50 bits per heavy atom. The summed E-state index contributed by atoms with van der Waals surface area (Å²) in [5.74, 6) is 0.0731. The predicted octanol–water partition coefficient (Wildman–Crippen LogP) is 2.47. The monoisotopic (exact) mass is 375 g/mol. The Morgan fingerprint density at radius 1 is 1.38 bits per heavy atom. The molecule has 1 saturated heterocycles. The Labute approximate surface area is 149 Å². The highest BCUT2D eigenvalue weighted by Gasteiger charge is 2.27. The second kappa shape index (κ2) is 7.57. The van der Waals surface area contributed by atoms with Crippen molar-refractivity contribution in [2.24, 2.45) is 5.92 Å². The number of carbonyl (C=O) groups excluding carboxylic acids is 2. The van der Waals surface area contributed by atoms with Crippen molar-refractivity contribution in [3.05, 3.63) is 20.3 Å². The van der Waals surface area contributed by atoms with Crippen LogP contribution in [0.15, 0.2) is 4.79 Å². The third-order valence-corrected chi connectivity index (χ3v) is 5.02. The van der Waals surface area contributed by atoms with Gasteiger partial charge in [0, 0.05) is 19.6 Å². The van der Waals surface area contributed by atoms with Crippen LogP contribution in [-0.2, 0) is 4.74 Å². The molecular weight excluding hydrogens is 354 g/mol. The number of carbonyl (C=O) groups is 2. The first-order valence-electron chi connectivity index (χ1n) is 7.80. The zero-order chi connectivity index (χ0) is 17.9. The molecule has 2 heterocycles. The number of nitrogens with one attached hydrogen (secondary N) is 2. The Kier molecular flexibility index (Phi) is 5.92. The molecule has 0 spiro atoms. The number of H-pyrrole nitrogens is 1. The highest BCUT2D eigenvalue weighted by Crippen LogP contribution is 2.22. The number of likely N-dealkylation sites (tertiary alicyclic amines) is 1. The maximum Gasteiger partial charge on any atom is 0.407 e. The summed E-state index contributed by atoms with van der Waals surface area (Å²) in [6.45, 7) is 7.12. The van der Waals surface area contributed by atoms with Gasteiger partial charge in [0.15, 0.2) is 0 Å². The number of alkyl carbamates (subject to hydrolysis) is 1. The zero-order valence-corrected chi connectivity index (χ0v) is 15.6. The van der Waals surface area contributed by atoms with E-state index in [2.05, 4.69) is 9.69 Å². The van der Waals surface area contributed by atoms with Crippen LogP contribution in [0.2, 0.25) is 5.02 Å². The van der Waals surface area contributed by atoms with Crippen molar-refractivity contribution in [3.63, 3.8) is 0 Å². The lowest BCUT2D eigenvalue weighted by Crippen LogP contribution is -2.42. The molecule has 0 saturated carbocycles. The first-order chi connectivity index (χ1) is 11.2. The molecule has 134 valence electrons. The van der Waals surface area contributed by atoms with Crippen molar-refractivity contribution in [3.8, 4) is 0 Å². The smallest absolute Gasteiger partial charge is 0.407 e. The van der Waals surface area contributed by atoms with Gasteiger partial charge >= 0.3 is 6.09 Å². The molecule has 0 bridgehead atoms. The lowest BCUT2D eigenvalue weighted by atomic mass is 9.97. The molecule has 2 amide bonds. The number of aromatic amines is 1. The van der Waals surface area contributed by atoms with Gasteiger partial charge in [-0.25, -0.2) is 4.79 Å². The molecule has 2 rings (SSSR count). The van der Waals surface area contributed by atoms with Crippen LogP contribution in [-0.4, -0.2) is 46.5 Å². The van der Waals surface area contributed by atoms with Gasteiger partial charge in [0.05, 0.1) is 0 Å². The topological polar surface area (TPSA) is 91.5 Å². The molecule has 1 aliphatic heterocycles. The van der Waals surface area contributed by atoms with E-state index >= 15 is 0 Å². The number of rotatable bonds is 3. The van der Waals surface area contributed by atoms with E-state index in [1.807, 2.05) is 20.8 Å². The maximum absolute atomic E-state index is 12.4. The normalized spacial score (nSPS) is 16.1. The van der Waals surface area contributed by atoms with Crippen molar-refractivity contribution in [1.82, 2.24) is 14.6 Å². The van der Waals surface area contributed by atoms with E-state index in [0.717, 1.165) is 24.4 Å². The zero-order valence-electron chi connectivity index (χ0n) is 14.0. The van der Waals surface area contributed by atoms with Gasteiger partial charge in [0.2, 0.25) is 0 Å². The largest absolute Gasteiger partial charge is 0.444 e. The average Bonchev–Trinajstić information content (AvgIpc) is 2.83. The van der Waals surface area contributed by atoms with Crippen LogP contribution in [0.5, 0.6) is 0 Å². The van der Waals surface area contributed by atoms with E-state index in [1.165, 1.54) is 0 Å². The quantitative estimate of drug-likeness (QED) is 0.848. The van der Waals surface area contributed by atoms with Crippen molar-refractivity contribution in [1.29, 1.82) is 0 Å². The van der Waals surface area contributed by atoms with Gasteiger partial charge in [0.25, 0.3) is 11.5 Å². The summed E-state index contributed by atoms with van der Waals surface area (Å²) in [6, 6.07) is 0. The fraction of sp³-hybridized carbons (Fsp3) is 0.667. The van der Waals surface area contributed by atoms with Gasteiger partial charge in [-0.3, -0.25) is 14.0 Å². The van der Waals surface area contributed by atoms with Crippen LogP contribution >= 0.6 is 23.1 Å². The number of piperidine rings is 1. The standard InChI is InChI=1S/C15H22ClN3O4S/c1-15(2,3)23-14(22)17-8-9-4-6-19(7-5-9)13(21)11-10(16)12(20)18-24-11/h9H,4-8H2,1-3H3,(H,17,22)(H,18,20). The van der Waals surface area contributed by atoms with Gasteiger partial charge in [-0.15, -0.1) is 0 Å². The molecule has 0 aromatic carbocycles. The van der Waals surface area contributed by atoms with Crippen LogP contribution in [0, 0.1) is 5.92 Å². The Morgan fingerprint density at radius 2 is 2.00 bits per heavy atom. The summed E-state index contributed by atoms with van der Waals surface area (Å²) in [5, 5.41) is 2.72. The molecule has 1 aromatic heterocycles. The van der Waals surface area contributed by atoms with Crippen LogP contribution in [0.1, 0.15) is 43.3 Å². The number of nitrogens with zero attached hydrogens (tertiary/aromatic N) is 1. The minimum Gasteiger partial charge on any atom is -0.444 e. The van der Waals surface area contributed by atoms with Crippen LogP contribution < -0.4 is 10.9 Å². The van der Waals surface area contributed by atoms with E-state index in [0.29, 0.717) is 25.6 Å². The van der Waals surface area contributed by atoms with Crippen molar-refractivity contribution >= 4 is 35.1 Å². The Balaban J connectivity index is 1.79. The number of hydrogen-bond acceptors (Lipinski definition) is 5. The van der Waals surface area contributed by atoms with Crippen LogP contribution in [0.4, 0.5) is 4.79 Å². The summed E-state index contributed by atoms with van der Waals surface area (Å²) in [5.41, 5.74) is -0.946. The summed E-state index contributed by atoms with van der Waals surface area (Å²) in [7, 11) is 0. The molecule has 24 heavy (non-hydrogen) atoms. The van der Waals surface area contributed by atoms with E-state index < -0.39 is 17.3 Å². The molecule has 0 aliphatic carbocycles. The molecule has 7 nitrogen and oxygen atoms in total. The summed E-state index contributed by atoms with van der Waals surface area (Å²) >= 11 is 6.81. The second-order valence-electron chi connectivity index (χ2n) is 6.79. The van der Waals surface area contributed by atoms with Gasteiger partial charge in [-0.2, -0.15) is 0 Å².